The molecule has 1 aliphatic carbocycles. The van der Waals surface area contributed by atoms with E-state index < -0.39 is 0 Å². The first kappa shape index (κ1) is 39.1. The van der Waals surface area contributed by atoms with Crippen LogP contribution < -0.4 is 4.74 Å². The molecule has 0 atom stereocenters. The minimum absolute atomic E-state index is 0.178. The molecule has 0 aromatic heterocycles. The van der Waals surface area contributed by atoms with Crippen molar-refractivity contribution in [3.63, 3.8) is 0 Å². The van der Waals surface area contributed by atoms with E-state index in [1.807, 2.05) is 26.8 Å². The highest BCUT2D eigenvalue weighted by Crippen LogP contribution is 2.33. The van der Waals surface area contributed by atoms with E-state index in [1.165, 1.54) is 50.5 Å². The molecule has 0 unspecified atom stereocenters. The van der Waals surface area contributed by atoms with Crippen molar-refractivity contribution < 1.29 is 38.0 Å². The van der Waals surface area contributed by atoms with E-state index in [1.54, 1.807) is 0 Å². The topological polar surface area (TPSA) is 89.5 Å². The van der Waals surface area contributed by atoms with Crippen molar-refractivity contribution in [1.82, 2.24) is 0 Å². The Morgan fingerprint density at radius 2 is 1.02 bits per heavy atom. The number of carbonyl (C=O) groups is 2. The molecular weight excluding hydrogens is 572 g/mol. The zero-order valence-corrected chi connectivity index (χ0v) is 28.8. The molecule has 1 fully saturated rings. The van der Waals surface area contributed by atoms with Gasteiger partial charge in [0.2, 0.25) is 0 Å². The number of hydrogen-bond acceptors (Lipinski definition) is 8. The fourth-order valence-electron chi connectivity index (χ4n) is 5.72. The second-order valence-corrected chi connectivity index (χ2v) is 12.0. The van der Waals surface area contributed by atoms with Crippen molar-refractivity contribution in [2.24, 2.45) is 5.92 Å². The van der Waals surface area contributed by atoms with Crippen molar-refractivity contribution >= 4 is 17.8 Å². The SMILES string of the molecule is C/C=C/c1c(C)c(C)c(C)c(OC(=O)CCOCCOCCOCCOCCOCCC(=O)C2CCCCCCCCC2)c1C. The predicted molar refractivity (Wildman–Crippen MR) is 179 cm³/mol. The molecule has 0 saturated heterocycles. The fraction of sp³-hybridized carbons (Fsp3) is 0.730. The van der Waals surface area contributed by atoms with Crippen molar-refractivity contribution in [2.75, 3.05) is 66.1 Å². The van der Waals surface area contributed by atoms with Gasteiger partial charge in [0.1, 0.15) is 11.5 Å². The predicted octanol–water partition coefficient (Wildman–Crippen LogP) is 7.43. The average Bonchev–Trinajstić information content (AvgIpc) is 3.04. The van der Waals surface area contributed by atoms with Gasteiger partial charge in [-0.1, -0.05) is 57.1 Å². The van der Waals surface area contributed by atoms with Crippen LogP contribution in [0.1, 0.15) is 105 Å². The van der Waals surface area contributed by atoms with Gasteiger partial charge < -0.3 is 28.4 Å². The van der Waals surface area contributed by atoms with Gasteiger partial charge in [-0.2, -0.15) is 0 Å². The highest BCUT2D eigenvalue weighted by atomic mass is 16.6. The van der Waals surface area contributed by atoms with Gasteiger partial charge in [0.15, 0.2) is 0 Å². The summed E-state index contributed by atoms with van der Waals surface area (Å²) in [5.74, 6) is 0.941. The second-order valence-electron chi connectivity index (χ2n) is 12.0. The maximum Gasteiger partial charge on any atom is 0.313 e. The molecule has 0 heterocycles. The third kappa shape index (κ3) is 15.8. The lowest BCUT2D eigenvalue weighted by Crippen LogP contribution is -2.18. The Labute approximate surface area is 272 Å². The third-order valence-electron chi connectivity index (χ3n) is 8.66. The minimum Gasteiger partial charge on any atom is -0.426 e. The second kappa shape index (κ2) is 24.1. The van der Waals surface area contributed by atoms with E-state index in [4.69, 9.17) is 28.4 Å². The highest BCUT2D eigenvalue weighted by molar-refractivity contribution is 5.81. The Kier molecular flexibility index (Phi) is 21.0. The molecule has 0 N–H and O–H groups in total. The molecule has 1 aliphatic rings. The monoisotopic (exact) mass is 632 g/mol. The van der Waals surface area contributed by atoms with Crippen LogP contribution in [-0.2, 0) is 33.3 Å². The quantitative estimate of drug-likeness (QED) is 0.0785. The Morgan fingerprint density at radius 3 is 1.51 bits per heavy atom. The maximum absolute atomic E-state index is 12.6. The van der Waals surface area contributed by atoms with Crippen LogP contribution in [0.2, 0.25) is 0 Å². The largest absolute Gasteiger partial charge is 0.426 e. The van der Waals surface area contributed by atoms with Crippen LogP contribution in [0.15, 0.2) is 6.08 Å². The Balaban J connectivity index is 1.40. The molecule has 2 rings (SSSR count). The number of ketones is 1. The number of ether oxygens (including phenoxy) is 6. The number of hydrogen-bond donors (Lipinski definition) is 0. The molecule has 1 saturated carbocycles. The molecule has 256 valence electrons. The van der Waals surface area contributed by atoms with Gasteiger partial charge in [0.25, 0.3) is 0 Å². The van der Waals surface area contributed by atoms with E-state index in [0.29, 0.717) is 77.4 Å². The van der Waals surface area contributed by atoms with Crippen molar-refractivity contribution in [3.05, 3.63) is 33.9 Å². The number of carbonyl (C=O) groups excluding carboxylic acids is 2. The van der Waals surface area contributed by atoms with Gasteiger partial charge in [0.05, 0.1) is 72.5 Å². The first-order valence-corrected chi connectivity index (χ1v) is 17.2. The molecule has 0 aliphatic heterocycles. The van der Waals surface area contributed by atoms with E-state index in [0.717, 1.165) is 35.1 Å². The number of Topliss-reactive ketones (excluding diaryl/α,β-unsaturated/α-hetero) is 1. The smallest absolute Gasteiger partial charge is 0.313 e. The lowest BCUT2D eigenvalue weighted by atomic mass is 9.88. The van der Waals surface area contributed by atoms with E-state index in [2.05, 4.69) is 19.9 Å². The maximum atomic E-state index is 12.6. The summed E-state index contributed by atoms with van der Waals surface area (Å²) in [6.45, 7) is 14.6. The van der Waals surface area contributed by atoms with Crippen LogP contribution in [0.5, 0.6) is 5.75 Å². The van der Waals surface area contributed by atoms with Crippen LogP contribution in [-0.4, -0.2) is 77.8 Å². The van der Waals surface area contributed by atoms with Crippen molar-refractivity contribution in [3.8, 4) is 5.75 Å². The fourth-order valence-corrected chi connectivity index (χ4v) is 5.72. The minimum atomic E-state index is -0.306. The number of allylic oxidation sites excluding steroid dienone is 1. The number of benzene rings is 1. The third-order valence-corrected chi connectivity index (χ3v) is 8.66. The number of esters is 1. The van der Waals surface area contributed by atoms with Crippen LogP contribution in [0.4, 0.5) is 0 Å². The average molecular weight is 633 g/mol. The normalized spacial score (nSPS) is 15.0. The van der Waals surface area contributed by atoms with E-state index >= 15 is 0 Å². The summed E-state index contributed by atoms with van der Waals surface area (Å²) >= 11 is 0. The van der Waals surface area contributed by atoms with Crippen LogP contribution >= 0.6 is 0 Å². The van der Waals surface area contributed by atoms with Gasteiger partial charge in [-0.05, 0) is 75.3 Å². The highest BCUT2D eigenvalue weighted by Gasteiger charge is 2.19. The van der Waals surface area contributed by atoms with Gasteiger partial charge in [-0.3, -0.25) is 9.59 Å². The molecule has 1 aromatic carbocycles. The zero-order valence-electron chi connectivity index (χ0n) is 28.8. The summed E-state index contributed by atoms with van der Waals surface area (Å²) in [4.78, 5) is 25.0. The van der Waals surface area contributed by atoms with Gasteiger partial charge in [-0.25, -0.2) is 0 Å². The molecule has 8 heteroatoms. The van der Waals surface area contributed by atoms with Gasteiger partial charge in [0, 0.05) is 12.3 Å². The molecule has 1 aromatic rings. The Bertz CT molecular complexity index is 1010. The number of rotatable bonds is 21. The van der Waals surface area contributed by atoms with Crippen LogP contribution in [0.3, 0.4) is 0 Å². The standard InChI is InChI=1S/C37H60O8/c1-6-14-34-30(3)29(2)31(4)37(32(34)5)45-36(39)18-20-41-22-24-43-26-28-44-27-25-42-23-21-40-19-17-35(38)33-15-12-10-8-7-9-11-13-16-33/h6,14,33H,7-13,15-28H2,1-5H3/b14-6+. The summed E-state index contributed by atoms with van der Waals surface area (Å²) in [5, 5.41) is 0. The molecular formula is C37H60O8. The molecule has 0 spiro atoms. The first-order valence-electron chi connectivity index (χ1n) is 17.2. The molecule has 8 nitrogen and oxygen atoms in total. The Hall–Kier alpha value is -2.10. The molecule has 45 heavy (non-hydrogen) atoms. The first-order chi connectivity index (χ1) is 21.9. The zero-order chi connectivity index (χ0) is 32.7. The van der Waals surface area contributed by atoms with Gasteiger partial charge >= 0.3 is 5.97 Å². The van der Waals surface area contributed by atoms with Gasteiger partial charge in [-0.15, -0.1) is 0 Å². The van der Waals surface area contributed by atoms with Crippen molar-refractivity contribution in [2.45, 2.75) is 105 Å². The molecule has 0 bridgehead atoms. The summed E-state index contributed by atoms with van der Waals surface area (Å²) in [7, 11) is 0. The van der Waals surface area contributed by atoms with E-state index in [-0.39, 0.29) is 24.9 Å². The summed E-state index contributed by atoms with van der Waals surface area (Å²) in [6, 6.07) is 0. The Morgan fingerprint density at radius 1 is 0.578 bits per heavy atom. The summed E-state index contributed by atoms with van der Waals surface area (Å²) in [6.07, 6.45) is 15.7. The molecule has 0 amide bonds. The van der Waals surface area contributed by atoms with Crippen LogP contribution in [0, 0.1) is 33.6 Å². The lowest BCUT2D eigenvalue weighted by Gasteiger charge is -2.18. The van der Waals surface area contributed by atoms with E-state index in [9.17, 15) is 9.59 Å². The summed E-state index contributed by atoms with van der Waals surface area (Å²) < 4.78 is 33.5. The van der Waals surface area contributed by atoms with Crippen molar-refractivity contribution in [1.29, 1.82) is 0 Å². The molecule has 0 radical (unpaired) electrons. The van der Waals surface area contributed by atoms with Crippen LogP contribution in [0.25, 0.3) is 6.08 Å². The lowest BCUT2D eigenvalue weighted by molar-refractivity contribution is -0.135. The summed E-state index contributed by atoms with van der Waals surface area (Å²) in [5.41, 5.74) is 5.41.